The maximum Gasteiger partial charge on any atom is 0.270 e. The van der Waals surface area contributed by atoms with E-state index in [-0.39, 0.29) is 0 Å². The van der Waals surface area contributed by atoms with Crippen LogP contribution in [0.3, 0.4) is 0 Å². The van der Waals surface area contributed by atoms with Crippen LogP contribution in [-0.4, -0.2) is 14.5 Å². The zero-order valence-corrected chi connectivity index (χ0v) is 12.1. The fourth-order valence-electron chi connectivity index (χ4n) is 2.14. The molecule has 2 heterocycles. The number of aromatic nitrogens is 3. The van der Waals surface area contributed by atoms with E-state index in [0.717, 1.165) is 22.8 Å². The van der Waals surface area contributed by atoms with Crippen molar-refractivity contribution < 1.29 is 0 Å². The van der Waals surface area contributed by atoms with Crippen molar-refractivity contribution in [2.45, 2.75) is 0 Å². The standard InChI is InChI=1S/C18H14N4/c1-19-17-10-6-9-15(20-17)11-12-18-21-16(13-22(18)2)14-7-4-3-5-8-14/h3-13H,2H3/b12-11+. The number of rotatable bonds is 3. The molecule has 3 rings (SSSR count). The molecule has 0 amide bonds. The number of nitrogens with zero attached hydrogens (tertiary/aromatic N) is 4. The predicted octanol–water partition coefficient (Wildman–Crippen LogP) is 4.20. The Morgan fingerprint density at radius 1 is 1.00 bits per heavy atom. The molecule has 0 bridgehead atoms. The van der Waals surface area contributed by atoms with E-state index < -0.39 is 0 Å². The van der Waals surface area contributed by atoms with Crippen LogP contribution in [0.5, 0.6) is 0 Å². The van der Waals surface area contributed by atoms with Gasteiger partial charge in [0.2, 0.25) is 0 Å². The molecule has 0 fully saturated rings. The van der Waals surface area contributed by atoms with Gasteiger partial charge in [-0.2, -0.15) is 0 Å². The van der Waals surface area contributed by atoms with Gasteiger partial charge in [-0.15, -0.1) is 4.98 Å². The minimum atomic E-state index is 0.395. The van der Waals surface area contributed by atoms with Crippen LogP contribution in [-0.2, 0) is 7.05 Å². The third-order valence-corrected chi connectivity index (χ3v) is 3.26. The topological polar surface area (TPSA) is 35.1 Å². The summed E-state index contributed by atoms with van der Waals surface area (Å²) in [5.41, 5.74) is 2.77. The lowest BCUT2D eigenvalue weighted by atomic mass is 10.2. The smallest absolute Gasteiger partial charge is 0.270 e. The van der Waals surface area contributed by atoms with Crippen molar-refractivity contribution in [3.63, 3.8) is 0 Å². The summed E-state index contributed by atoms with van der Waals surface area (Å²) in [5.74, 6) is 1.24. The van der Waals surface area contributed by atoms with Gasteiger partial charge in [-0.3, -0.25) is 0 Å². The molecule has 0 unspecified atom stereocenters. The van der Waals surface area contributed by atoms with Gasteiger partial charge in [-0.05, 0) is 24.3 Å². The van der Waals surface area contributed by atoms with Crippen LogP contribution >= 0.6 is 0 Å². The average molecular weight is 286 g/mol. The number of aryl methyl sites for hydroxylation is 1. The molecular weight excluding hydrogens is 272 g/mol. The molecular formula is C18H14N4. The van der Waals surface area contributed by atoms with Gasteiger partial charge in [0, 0.05) is 18.8 Å². The highest BCUT2D eigenvalue weighted by atomic mass is 15.0. The summed E-state index contributed by atoms with van der Waals surface area (Å²) in [6.45, 7) is 6.99. The SMILES string of the molecule is [C-]#[N+]c1cccc(/C=C/c2nc(-c3ccccc3)cn2C)n1. The second kappa shape index (κ2) is 6.06. The first-order chi connectivity index (χ1) is 10.8. The minimum absolute atomic E-state index is 0.395. The van der Waals surface area contributed by atoms with Crippen molar-refractivity contribution in [1.82, 2.24) is 14.5 Å². The molecule has 2 aromatic heterocycles. The van der Waals surface area contributed by atoms with Gasteiger partial charge < -0.3 is 9.41 Å². The average Bonchev–Trinajstić information content (AvgIpc) is 2.95. The quantitative estimate of drug-likeness (QED) is 0.676. The van der Waals surface area contributed by atoms with E-state index in [4.69, 9.17) is 6.57 Å². The molecule has 3 aromatic rings. The normalized spacial score (nSPS) is 10.7. The third-order valence-electron chi connectivity index (χ3n) is 3.26. The molecule has 4 nitrogen and oxygen atoms in total. The Balaban J connectivity index is 1.88. The molecule has 4 heteroatoms. The molecule has 0 N–H and O–H groups in total. The molecule has 0 saturated carbocycles. The fraction of sp³-hybridized carbons (Fsp3) is 0.0556. The molecule has 1 aromatic carbocycles. The summed E-state index contributed by atoms with van der Waals surface area (Å²) in [6.07, 6.45) is 5.77. The lowest BCUT2D eigenvalue weighted by molar-refractivity contribution is 0.898. The molecule has 106 valence electrons. The van der Waals surface area contributed by atoms with Crippen LogP contribution in [0.4, 0.5) is 5.82 Å². The van der Waals surface area contributed by atoms with E-state index in [0.29, 0.717) is 5.82 Å². The van der Waals surface area contributed by atoms with Crippen molar-refractivity contribution in [2.75, 3.05) is 0 Å². The largest absolute Gasteiger partial charge is 0.361 e. The molecule has 22 heavy (non-hydrogen) atoms. The lowest BCUT2D eigenvalue weighted by Crippen LogP contribution is -1.89. The summed E-state index contributed by atoms with van der Waals surface area (Å²) >= 11 is 0. The van der Waals surface area contributed by atoms with E-state index in [9.17, 15) is 0 Å². The number of hydrogen-bond donors (Lipinski definition) is 0. The van der Waals surface area contributed by atoms with Crippen molar-refractivity contribution >= 4 is 18.0 Å². The molecule has 0 atom stereocenters. The number of pyridine rings is 1. The molecule has 0 aliphatic carbocycles. The molecule has 0 saturated heterocycles. The van der Waals surface area contributed by atoms with Gasteiger partial charge in [-0.25, -0.2) is 4.98 Å². The Morgan fingerprint density at radius 3 is 2.59 bits per heavy atom. The first kappa shape index (κ1) is 13.8. The third kappa shape index (κ3) is 2.94. The predicted molar refractivity (Wildman–Crippen MR) is 88.1 cm³/mol. The van der Waals surface area contributed by atoms with Crippen molar-refractivity contribution in [1.29, 1.82) is 0 Å². The fourth-order valence-corrected chi connectivity index (χ4v) is 2.14. The molecule has 0 radical (unpaired) electrons. The van der Waals surface area contributed by atoms with E-state index >= 15 is 0 Å². The van der Waals surface area contributed by atoms with Gasteiger partial charge in [0.1, 0.15) is 5.82 Å². The highest BCUT2D eigenvalue weighted by Gasteiger charge is 2.05. The zero-order valence-electron chi connectivity index (χ0n) is 12.1. The Labute approximate surface area is 129 Å². The van der Waals surface area contributed by atoms with Gasteiger partial charge in [0.15, 0.2) is 5.69 Å². The molecule has 0 spiro atoms. The summed E-state index contributed by atoms with van der Waals surface area (Å²) in [5, 5.41) is 0. The second-order valence-corrected chi connectivity index (χ2v) is 4.83. The van der Waals surface area contributed by atoms with E-state index in [1.54, 1.807) is 6.07 Å². The number of imidazole rings is 1. The van der Waals surface area contributed by atoms with Crippen LogP contribution < -0.4 is 0 Å². The maximum atomic E-state index is 6.99. The van der Waals surface area contributed by atoms with Crippen LogP contribution in [0, 0.1) is 6.57 Å². The summed E-state index contributed by atoms with van der Waals surface area (Å²) in [6, 6.07) is 15.5. The van der Waals surface area contributed by atoms with Gasteiger partial charge in [0.25, 0.3) is 5.82 Å². The zero-order chi connectivity index (χ0) is 15.4. The van der Waals surface area contributed by atoms with Gasteiger partial charge in [-0.1, -0.05) is 43.0 Å². The first-order valence-electron chi connectivity index (χ1n) is 6.87. The Morgan fingerprint density at radius 2 is 1.82 bits per heavy atom. The first-order valence-corrected chi connectivity index (χ1v) is 6.87. The van der Waals surface area contributed by atoms with E-state index in [1.165, 1.54) is 0 Å². The summed E-state index contributed by atoms with van der Waals surface area (Å²) < 4.78 is 1.97. The monoisotopic (exact) mass is 286 g/mol. The summed E-state index contributed by atoms with van der Waals surface area (Å²) in [7, 11) is 1.96. The minimum Gasteiger partial charge on any atom is -0.361 e. The van der Waals surface area contributed by atoms with Crippen LogP contribution in [0.1, 0.15) is 11.5 Å². The van der Waals surface area contributed by atoms with Crippen molar-refractivity contribution in [3.05, 3.63) is 77.7 Å². The Hall–Kier alpha value is -3.19. The Bertz CT molecular complexity index is 854. The lowest BCUT2D eigenvalue weighted by Gasteiger charge is -1.93. The summed E-state index contributed by atoms with van der Waals surface area (Å²) in [4.78, 5) is 12.2. The second-order valence-electron chi connectivity index (χ2n) is 4.83. The highest BCUT2D eigenvalue weighted by molar-refractivity contribution is 5.68. The van der Waals surface area contributed by atoms with Crippen LogP contribution in [0.15, 0.2) is 54.7 Å². The van der Waals surface area contributed by atoms with Crippen molar-refractivity contribution in [2.24, 2.45) is 7.05 Å². The molecule has 0 aliphatic heterocycles. The number of benzene rings is 1. The van der Waals surface area contributed by atoms with Crippen LogP contribution in [0.25, 0.3) is 28.3 Å². The van der Waals surface area contributed by atoms with Gasteiger partial charge in [0.05, 0.1) is 5.69 Å². The number of hydrogen-bond acceptors (Lipinski definition) is 2. The van der Waals surface area contributed by atoms with Gasteiger partial charge >= 0.3 is 0 Å². The Kier molecular flexibility index (Phi) is 3.80. The van der Waals surface area contributed by atoms with E-state index in [1.807, 2.05) is 72.4 Å². The maximum absolute atomic E-state index is 6.99. The van der Waals surface area contributed by atoms with Crippen LogP contribution in [0.2, 0.25) is 0 Å². The molecule has 0 aliphatic rings. The highest BCUT2D eigenvalue weighted by Crippen LogP contribution is 2.19. The van der Waals surface area contributed by atoms with Crippen molar-refractivity contribution in [3.8, 4) is 11.3 Å². The van der Waals surface area contributed by atoms with E-state index in [2.05, 4.69) is 14.8 Å².